The number of nitrogens with zero attached hydrogens (tertiary/aromatic N) is 1. The van der Waals surface area contributed by atoms with Gasteiger partial charge in [0.25, 0.3) is 0 Å². The van der Waals surface area contributed by atoms with Crippen molar-refractivity contribution in [1.82, 2.24) is 4.90 Å². The van der Waals surface area contributed by atoms with Crippen molar-refractivity contribution < 1.29 is 14.7 Å². The lowest BCUT2D eigenvalue weighted by molar-refractivity contribution is -0.137. The first-order valence-corrected chi connectivity index (χ1v) is 9.72. The molecule has 0 aliphatic carbocycles. The third-order valence-corrected chi connectivity index (χ3v) is 4.25. The second-order valence-electron chi connectivity index (χ2n) is 6.13. The number of rotatable bonds is 9. The molecule has 1 unspecified atom stereocenters. The van der Waals surface area contributed by atoms with Gasteiger partial charge in [-0.05, 0) is 25.0 Å². The molecular weight excluding hydrogens is 358 g/mol. The van der Waals surface area contributed by atoms with E-state index in [9.17, 15) is 9.59 Å². The van der Waals surface area contributed by atoms with Gasteiger partial charge in [0.1, 0.15) is 0 Å². The molecule has 0 radical (unpaired) electrons. The Morgan fingerprint density at radius 3 is 2.41 bits per heavy atom. The van der Waals surface area contributed by atoms with E-state index in [1.54, 1.807) is 4.90 Å². The molecule has 1 aromatic rings. The summed E-state index contributed by atoms with van der Waals surface area (Å²) in [6.45, 7) is 6.43. The summed E-state index contributed by atoms with van der Waals surface area (Å²) in [6.07, 6.45) is 12.2. The number of benzene rings is 1. The smallest absolute Gasteiger partial charge is 0.303 e. The monoisotopic (exact) mass is 389 g/mol. The molecule has 148 valence electrons. The van der Waals surface area contributed by atoms with Crippen LogP contribution in [0.15, 0.2) is 35.2 Å². The van der Waals surface area contributed by atoms with Crippen LogP contribution in [-0.2, 0) is 9.59 Å². The largest absolute Gasteiger partial charge is 0.481 e. The number of carboxylic acids is 1. The molecule has 0 saturated heterocycles. The maximum Gasteiger partial charge on any atom is 0.303 e. The summed E-state index contributed by atoms with van der Waals surface area (Å²) in [5, 5.41) is 8.64. The molecule has 1 aromatic carbocycles. The van der Waals surface area contributed by atoms with Crippen LogP contribution in [0.3, 0.4) is 0 Å². The molecule has 0 spiro atoms. The predicted octanol–water partition coefficient (Wildman–Crippen LogP) is 4.90. The second kappa shape index (κ2) is 14.9. The van der Waals surface area contributed by atoms with Gasteiger partial charge in [-0.25, -0.2) is 0 Å². The summed E-state index contributed by atoms with van der Waals surface area (Å²) in [4.78, 5) is 25.2. The van der Waals surface area contributed by atoms with Gasteiger partial charge in [0.2, 0.25) is 5.91 Å². The number of hydrogen-bond acceptors (Lipinski definition) is 3. The molecule has 0 fully saturated rings. The van der Waals surface area contributed by atoms with E-state index in [1.165, 1.54) is 12.8 Å². The zero-order valence-electron chi connectivity index (χ0n) is 16.5. The summed E-state index contributed by atoms with van der Waals surface area (Å²) in [5.41, 5.74) is 0.960. The van der Waals surface area contributed by atoms with Crippen LogP contribution in [-0.4, -0.2) is 34.5 Å². The average Bonchev–Trinajstić information content (AvgIpc) is 2.65. The van der Waals surface area contributed by atoms with Crippen LogP contribution in [0.25, 0.3) is 6.08 Å². The molecular formula is C22H31NO3S. The fourth-order valence-electron chi connectivity index (χ4n) is 2.07. The lowest BCUT2D eigenvalue weighted by Gasteiger charge is -2.25. The zero-order chi connectivity index (χ0) is 20.7. The molecule has 1 amide bonds. The summed E-state index contributed by atoms with van der Waals surface area (Å²) in [7, 11) is 0. The summed E-state index contributed by atoms with van der Waals surface area (Å²) < 4.78 is 0. The predicted molar refractivity (Wildman–Crippen MR) is 115 cm³/mol. The Bertz CT molecular complexity index is 647. The summed E-state index contributed by atoms with van der Waals surface area (Å²) >= 11 is 4.38. The number of carbonyl (C=O) groups excluding carboxylic acids is 1. The number of amides is 1. The molecule has 0 aliphatic heterocycles. The molecule has 0 saturated carbocycles. The Hall–Kier alpha value is -2.19. The third kappa shape index (κ3) is 11.2. The SMILES string of the molecule is C#CCN(C(=O)CCCC(=O)O)C(C)/C=C/c1ccccc1S.CCCC. The van der Waals surface area contributed by atoms with Gasteiger partial charge in [-0.2, -0.15) is 0 Å². The minimum absolute atomic E-state index is 0.0210. The molecule has 1 atom stereocenters. The highest BCUT2D eigenvalue weighted by atomic mass is 32.1. The number of unbranched alkanes of at least 4 members (excludes halogenated alkanes) is 1. The van der Waals surface area contributed by atoms with Crippen molar-refractivity contribution in [3.05, 3.63) is 35.9 Å². The Kier molecular flexibility index (Phi) is 13.7. The molecule has 0 aliphatic rings. The van der Waals surface area contributed by atoms with Crippen molar-refractivity contribution in [1.29, 1.82) is 0 Å². The molecule has 1 rings (SSSR count). The number of terminal acetylenes is 1. The van der Waals surface area contributed by atoms with E-state index in [2.05, 4.69) is 32.4 Å². The topological polar surface area (TPSA) is 57.6 Å². The minimum Gasteiger partial charge on any atom is -0.481 e. The summed E-state index contributed by atoms with van der Waals surface area (Å²) in [5.74, 6) is 1.44. The highest BCUT2D eigenvalue weighted by Crippen LogP contribution is 2.16. The van der Waals surface area contributed by atoms with E-state index in [0.29, 0.717) is 6.42 Å². The van der Waals surface area contributed by atoms with E-state index in [4.69, 9.17) is 11.5 Å². The van der Waals surface area contributed by atoms with Crippen molar-refractivity contribution in [2.75, 3.05) is 6.54 Å². The van der Waals surface area contributed by atoms with Gasteiger partial charge in [0, 0.05) is 23.8 Å². The van der Waals surface area contributed by atoms with E-state index in [0.717, 1.165) is 10.5 Å². The third-order valence-electron chi connectivity index (χ3n) is 3.85. The zero-order valence-corrected chi connectivity index (χ0v) is 17.4. The fourth-order valence-corrected chi connectivity index (χ4v) is 2.30. The Labute approximate surface area is 169 Å². The number of thiol groups is 1. The molecule has 1 N–H and O–H groups in total. The molecule has 27 heavy (non-hydrogen) atoms. The molecule has 0 bridgehead atoms. The van der Waals surface area contributed by atoms with Gasteiger partial charge < -0.3 is 10.0 Å². The highest BCUT2D eigenvalue weighted by molar-refractivity contribution is 7.80. The number of carbonyl (C=O) groups is 2. The first-order chi connectivity index (χ1) is 12.9. The van der Waals surface area contributed by atoms with Gasteiger partial charge in [-0.1, -0.05) is 63.0 Å². The van der Waals surface area contributed by atoms with Crippen LogP contribution in [0.2, 0.25) is 0 Å². The minimum atomic E-state index is -0.903. The Balaban J connectivity index is 0.00000153. The van der Waals surface area contributed by atoms with Crippen molar-refractivity contribution in [3.8, 4) is 12.3 Å². The van der Waals surface area contributed by atoms with Crippen molar-refractivity contribution in [2.45, 2.75) is 63.8 Å². The van der Waals surface area contributed by atoms with Crippen LogP contribution in [0.4, 0.5) is 0 Å². The van der Waals surface area contributed by atoms with Crippen molar-refractivity contribution in [2.24, 2.45) is 0 Å². The molecule has 0 aromatic heterocycles. The summed E-state index contributed by atoms with van der Waals surface area (Å²) in [6, 6.07) is 7.46. The Morgan fingerprint density at radius 2 is 1.89 bits per heavy atom. The first-order valence-electron chi connectivity index (χ1n) is 9.28. The highest BCUT2D eigenvalue weighted by Gasteiger charge is 2.17. The number of aliphatic carboxylic acids is 1. The lowest BCUT2D eigenvalue weighted by atomic mass is 10.1. The van der Waals surface area contributed by atoms with E-state index < -0.39 is 5.97 Å². The van der Waals surface area contributed by atoms with E-state index in [1.807, 2.05) is 43.3 Å². The van der Waals surface area contributed by atoms with Crippen LogP contribution in [0, 0.1) is 12.3 Å². The molecule has 4 nitrogen and oxygen atoms in total. The van der Waals surface area contributed by atoms with Gasteiger partial charge in [-0.15, -0.1) is 19.1 Å². The van der Waals surface area contributed by atoms with Gasteiger partial charge in [-0.3, -0.25) is 9.59 Å². The van der Waals surface area contributed by atoms with E-state index in [-0.39, 0.29) is 31.3 Å². The quantitative estimate of drug-likeness (QED) is 0.466. The van der Waals surface area contributed by atoms with Crippen LogP contribution in [0.5, 0.6) is 0 Å². The van der Waals surface area contributed by atoms with Gasteiger partial charge >= 0.3 is 5.97 Å². The maximum atomic E-state index is 12.2. The lowest BCUT2D eigenvalue weighted by Crippen LogP contribution is -2.37. The molecule has 0 heterocycles. The number of hydrogen-bond donors (Lipinski definition) is 2. The fraction of sp³-hybridized carbons (Fsp3) is 0.455. The van der Waals surface area contributed by atoms with Gasteiger partial charge in [0.15, 0.2) is 0 Å². The van der Waals surface area contributed by atoms with Crippen molar-refractivity contribution in [3.63, 3.8) is 0 Å². The first kappa shape index (κ1) is 24.8. The van der Waals surface area contributed by atoms with Crippen LogP contribution >= 0.6 is 12.6 Å². The van der Waals surface area contributed by atoms with E-state index >= 15 is 0 Å². The number of carboxylic acid groups (broad SMARTS) is 1. The van der Waals surface area contributed by atoms with Crippen LogP contribution < -0.4 is 0 Å². The van der Waals surface area contributed by atoms with Crippen molar-refractivity contribution >= 4 is 30.6 Å². The van der Waals surface area contributed by atoms with Crippen LogP contribution in [0.1, 0.15) is 58.4 Å². The second-order valence-corrected chi connectivity index (χ2v) is 6.61. The standard InChI is InChI=1S/C18H21NO3S.C4H10/c1-3-13-19(17(20)9-6-10-18(21)22)14(2)11-12-15-7-4-5-8-16(15)23;1-3-4-2/h1,4-5,7-8,11-12,14,23H,6,9-10,13H2,2H3,(H,21,22);3-4H2,1-2H3/b12-11+;. The Morgan fingerprint density at radius 1 is 1.26 bits per heavy atom. The van der Waals surface area contributed by atoms with Gasteiger partial charge in [0.05, 0.1) is 6.54 Å². The molecule has 5 heteroatoms. The average molecular weight is 390 g/mol. The normalized spacial score (nSPS) is 11.2. The maximum absolute atomic E-state index is 12.2.